The largest absolute Gasteiger partial charge is 0.481 e. The second kappa shape index (κ2) is 6.91. The van der Waals surface area contributed by atoms with Crippen molar-refractivity contribution < 1.29 is 4.74 Å². The van der Waals surface area contributed by atoms with Crippen LogP contribution in [0.2, 0.25) is 5.15 Å². The maximum absolute atomic E-state index is 6.04. The van der Waals surface area contributed by atoms with Gasteiger partial charge in [0.25, 0.3) is 0 Å². The third-order valence-corrected chi connectivity index (χ3v) is 2.49. The molecule has 0 spiro atoms. The average Bonchev–Trinajstić information content (AvgIpc) is 2.36. The highest BCUT2D eigenvalue weighted by atomic mass is 35.5. The molecule has 4 nitrogen and oxygen atoms in total. The van der Waals surface area contributed by atoms with Gasteiger partial charge in [-0.2, -0.15) is 0 Å². The fourth-order valence-corrected chi connectivity index (χ4v) is 1.48. The number of halogens is 1. The molecule has 0 saturated heterocycles. The van der Waals surface area contributed by atoms with Crippen LogP contribution in [0.15, 0.2) is 28.9 Å². The highest BCUT2D eigenvalue weighted by Crippen LogP contribution is 2.19. The Morgan fingerprint density at radius 3 is 2.88 bits per heavy atom. The highest BCUT2D eigenvalue weighted by Gasteiger charge is 2.05. The lowest BCUT2D eigenvalue weighted by Crippen LogP contribution is -1.99. The number of hydrogen-bond donors (Lipinski definition) is 1. The molecule has 0 bridgehead atoms. The summed E-state index contributed by atoms with van der Waals surface area (Å²) in [5.41, 5.74) is 7.32. The Labute approximate surface area is 106 Å². The third-order valence-electron chi connectivity index (χ3n) is 2.16. The minimum atomic E-state index is 0.425. The molecule has 1 rings (SSSR count). The van der Waals surface area contributed by atoms with Gasteiger partial charge in [0.1, 0.15) is 5.15 Å². The lowest BCUT2D eigenvalue weighted by atomic mass is 10.1. The van der Waals surface area contributed by atoms with E-state index in [0.717, 1.165) is 17.7 Å². The Balaban J connectivity index is 2.84. The fraction of sp³-hybridized carbons (Fsp3) is 0.333. The van der Waals surface area contributed by atoms with Gasteiger partial charge in [0, 0.05) is 25.2 Å². The van der Waals surface area contributed by atoms with Gasteiger partial charge in [-0.15, -0.1) is 0 Å². The topological polar surface area (TPSA) is 60.5 Å². The molecule has 1 aromatic heterocycles. The van der Waals surface area contributed by atoms with E-state index in [4.69, 9.17) is 22.1 Å². The van der Waals surface area contributed by atoms with Gasteiger partial charge >= 0.3 is 0 Å². The van der Waals surface area contributed by atoms with Crippen LogP contribution in [0.5, 0.6) is 5.88 Å². The van der Waals surface area contributed by atoms with Gasteiger partial charge in [-0.25, -0.2) is 4.98 Å². The van der Waals surface area contributed by atoms with Crippen LogP contribution in [0.4, 0.5) is 0 Å². The molecule has 17 heavy (non-hydrogen) atoms. The number of aliphatic imine (C=N–C) groups is 1. The van der Waals surface area contributed by atoms with E-state index in [2.05, 4.69) is 9.98 Å². The van der Waals surface area contributed by atoms with Crippen molar-refractivity contribution >= 4 is 17.8 Å². The lowest BCUT2D eigenvalue weighted by Gasteiger charge is -2.05. The van der Waals surface area contributed by atoms with Crippen molar-refractivity contribution in [2.75, 3.05) is 13.7 Å². The Bertz CT molecular complexity index is 430. The van der Waals surface area contributed by atoms with E-state index in [0.29, 0.717) is 17.5 Å². The minimum Gasteiger partial charge on any atom is -0.481 e. The summed E-state index contributed by atoms with van der Waals surface area (Å²) in [7, 11) is 1.55. The van der Waals surface area contributed by atoms with Gasteiger partial charge in [0.05, 0.1) is 7.11 Å². The number of nitrogens with zero attached hydrogens (tertiary/aromatic N) is 2. The lowest BCUT2D eigenvalue weighted by molar-refractivity contribution is 0.397. The first-order chi connectivity index (χ1) is 8.21. The van der Waals surface area contributed by atoms with Gasteiger partial charge in [0.15, 0.2) is 0 Å². The molecule has 0 fully saturated rings. The van der Waals surface area contributed by atoms with Gasteiger partial charge in [-0.1, -0.05) is 17.7 Å². The molecule has 0 aliphatic heterocycles. The predicted octanol–water partition coefficient (Wildman–Crippen LogP) is 2.22. The molecule has 2 N–H and O–H groups in total. The number of pyridine rings is 1. The molecule has 1 heterocycles. The van der Waals surface area contributed by atoms with Crippen LogP contribution in [0.25, 0.3) is 0 Å². The molecule has 92 valence electrons. The van der Waals surface area contributed by atoms with Crippen LogP contribution < -0.4 is 10.5 Å². The molecule has 5 heteroatoms. The van der Waals surface area contributed by atoms with Gasteiger partial charge in [-0.05, 0) is 24.3 Å². The third kappa shape index (κ3) is 4.07. The summed E-state index contributed by atoms with van der Waals surface area (Å²) >= 11 is 6.04. The summed E-state index contributed by atoms with van der Waals surface area (Å²) in [4.78, 5) is 8.23. The number of nitrogens with two attached hydrogens (primary N) is 1. The standard InChI is InChI=1S/C12H16ClN3O/c1-3-15-8-9(7-14)6-10-4-5-11(17-2)16-12(10)13/h4-5,7-8H,3,6,14H2,1-2H3. The zero-order valence-corrected chi connectivity index (χ0v) is 10.7. The Morgan fingerprint density at radius 1 is 1.59 bits per heavy atom. The average molecular weight is 254 g/mol. The van der Waals surface area contributed by atoms with E-state index in [1.165, 1.54) is 6.20 Å². The van der Waals surface area contributed by atoms with E-state index in [1.807, 2.05) is 13.0 Å². The molecule has 0 amide bonds. The van der Waals surface area contributed by atoms with Crippen molar-refractivity contribution in [1.29, 1.82) is 0 Å². The number of hydrogen-bond acceptors (Lipinski definition) is 4. The second-order valence-corrected chi connectivity index (χ2v) is 3.71. The number of methoxy groups -OCH3 is 1. The summed E-state index contributed by atoms with van der Waals surface area (Å²) in [6, 6.07) is 3.64. The van der Waals surface area contributed by atoms with Crippen molar-refractivity contribution in [2.24, 2.45) is 10.7 Å². The van der Waals surface area contributed by atoms with Crippen LogP contribution in [0.3, 0.4) is 0 Å². The maximum atomic E-state index is 6.04. The first-order valence-electron chi connectivity index (χ1n) is 5.31. The van der Waals surface area contributed by atoms with Gasteiger partial charge in [0.2, 0.25) is 5.88 Å². The van der Waals surface area contributed by atoms with E-state index in [1.54, 1.807) is 19.4 Å². The van der Waals surface area contributed by atoms with Crippen LogP contribution in [-0.4, -0.2) is 24.9 Å². The van der Waals surface area contributed by atoms with E-state index < -0.39 is 0 Å². The molecule has 0 aromatic carbocycles. The highest BCUT2D eigenvalue weighted by molar-refractivity contribution is 6.30. The van der Waals surface area contributed by atoms with Crippen LogP contribution in [0.1, 0.15) is 12.5 Å². The quantitative estimate of drug-likeness (QED) is 0.647. The summed E-state index contributed by atoms with van der Waals surface area (Å²) in [5.74, 6) is 0.499. The first kappa shape index (κ1) is 13.5. The monoisotopic (exact) mass is 253 g/mol. The van der Waals surface area contributed by atoms with Crippen molar-refractivity contribution in [1.82, 2.24) is 4.98 Å². The van der Waals surface area contributed by atoms with Crippen molar-refractivity contribution in [3.05, 3.63) is 34.6 Å². The maximum Gasteiger partial charge on any atom is 0.214 e. The summed E-state index contributed by atoms with van der Waals surface area (Å²) < 4.78 is 4.99. The zero-order valence-electron chi connectivity index (χ0n) is 9.98. The second-order valence-electron chi connectivity index (χ2n) is 3.35. The van der Waals surface area contributed by atoms with Crippen molar-refractivity contribution in [3.63, 3.8) is 0 Å². The molecule has 0 atom stereocenters. The van der Waals surface area contributed by atoms with E-state index in [9.17, 15) is 0 Å². The summed E-state index contributed by atoms with van der Waals surface area (Å²) in [6.45, 7) is 2.69. The SMILES string of the molecule is CCN=CC(=CN)Cc1ccc(OC)nc1Cl. The molecule has 0 aliphatic rings. The number of ether oxygens (including phenoxy) is 1. The molecule has 1 aromatic rings. The number of aromatic nitrogens is 1. The van der Waals surface area contributed by atoms with Crippen LogP contribution in [0, 0.1) is 0 Å². The summed E-state index contributed by atoms with van der Waals surface area (Å²) in [6.07, 6.45) is 3.89. The molecular formula is C12H16ClN3O. The van der Waals surface area contributed by atoms with Crippen LogP contribution in [-0.2, 0) is 6.42 Å². The van der Waals surface area contributed by atoms with Gasteiger partial charge < -0.3 is 10.5 Å². The molecular weight excluding hydrogens is 238 g/mol. The van der Waals surface area contributed by atoms with Crippen molar-refractivity contribution in [2.45, 2.75) is 13.3 Å². The van der Waals surface area contributed by atoms with E-state index >= 15 is 0 Å². The smallest absolute Gasteiger partial charge is 0.214 e. The molecule has 0 radical (unpaired) electrons. The fourth-order valence-electron chi connectivity index (χ4n) is 1.27. The zero-order chi connectivity index (χ0) is 12.7. The number of allylic oxidation sites excluding steroid dienone is 1. The van der Waals surface area contributed by atoms with Crippen molar-refractivity contribution in [3.8, 4) is 5.88 Å². The summed E-state index contributed by atoms with van der Waals surface area (Å²) in [5, 5.41) is 0.425. The number of rotatable bonds is 5. The normalized spacial score (nSPS) is 12.1. The minimum absolute atomic E-state index is 0.425. The predicted molar refractivity (Wildman–Crippen MR) is 70.8 cm³/mol. The first-order valence-corrected chi connectivity index (χ1v) is 5.69. The van der Waals surface area contributed by atoms with Gasteiger partial charge in [-0.3, -0.25) is 4.99 Å². The van der Waals surface area contributed by atoms with E-state index in [-0.39, 0.29) is 0 Å². The molecule has 0 saturated carbocycles. The van der Waals surface area contributed by atoms with Crippen LogP contribution >= 0.6 is 11.6 Å². The Kier molecular flexibility index (Phi) is 5.49. The Hall–Kier alpha value is -1.55. The Morgan fingerprint density at radius 2 is 2.35 bits per heavy atom. The molecule has 0 unspecified atom stereocenters. The molecule has 0 aliphatic carbocycles.